The van der Waals surface area contributed by atoms with Crippen molar-refractivity contribution < 1.29 is 22.7 Å². The second-order valence-electron chi connectivity index (χ2n) is 6.76. The number of benzene rings is 1. The quantitative estimate of drug-likeness (QED) is 0.758. The van der Waals surface area contributed by atoms with Gasteiger partial charge in [-0.1, -0.05) is 18.2 Å². The van der Waals surface area contributed by atoms with Gasteiger partial charge in [0.25, 0.3) is 0 Å². The molecule has 0 radical (unpaired) electrons. The van der Waals surface area contributed by atoms with Gasteiger partial charge in [-0.25, -0.2) is 0 Å². The number of ketones is 1. The molecule has 3 heterocycles. The summed E-state index contributed by atoms with van der Waals surface area (Å²) in [4.78, 5) is 15.0. The van der Waals surface area contributed by atoms with Crippen LogP contribution >= 0.6 is 0 Å². The zero-order valence-corrected chi connectivity index (χ0v) is 15.2. The minimum Gasteiger partial charge on any atom is -0.462 e. The fourth-order valence-electron chi connectivity index (χ4n) is 3.48. The van der Waals surface area contributed by atoms with Gasteiger partial charge in [0.2, 0.25) is 11.7 Å². The highest BCUT2D eigenvalue weighted by molar-refractivity contribution is 6.25. The van der Waals surface area contributed by atoms with Crippen LogP contribution in [-0.2, 0) is 22.3 Å². The third-order valence-electron chi connectivity index (χ3n) is 4.93. The normalized spacial score (nSPS) is 19.6. The lowest BCUT2D eigenvalue weighted by atomic mass is 9.96. The highest BCUT2D eigenvalue weighted by Crippen LogP contribution is 2.41. The van der Waals surface area contributed by atoms with Crippen LogP contribution in [0.25, 0.3) is 5.57 Å². The number of carbonyl (C=O) groups is 1. The first-order valence-electron chi connectivity index (χ1n) is 9.10. The SMILES string of the molecule is CCn1ccc(C2OC(N3C=CCC3)=C(c3cccc(C(F)(F)F)c3)C2=O)c1. The van der Waals surface area contributed by atoms with Gasteiger partial charge in [0.05, 0.1) is 11.1 Å². The molecule has 0 aliphatic carbocycles. The summed E-state index contributed by atoms with van der Waals surface area (Å²) in [6.45, 7) is 3.35. The lowest BCUT2D eigenvalue weighted by molar-refractivity contribution is -0.137. The predicted molar refractivity (Wildman–Crippen MR) is 97.8 cm³/mol. The Labute approximate surface area is 160 Å². The molecular weight excluding hydrogens is 369 g/mol. The summed E-state index contributed by atoms with van der Waals surface area (Å²) in [5.74, 6) is -0.0178. The Balaban J connectivity index is 1.77. The van der Waals surface area contributed by atoms with E-state index >= 15 is 0 Å². The second-order valence-corrected chi connectivity index (χ2v) is 6.76. The molecule has 1 aromatic heterocycles. The third-order valence-corrected chi connectivity index (χ3v) is 4.93. The lowest BCUT2D eigenvalue weighted by Gasteiger charge is -2.19. The number of nitrogens with zero attached hydrogens (tertiary/aromatic N) is 2. The maximum Gasteiger partial charge on any atom is 0.416 e. The first-order chi connectivity index (χ1) is 13.4. The molecule has 0 saturated carbocycles. The van der Waals surface area contributed by atoms with E-state index in [1.54, 1.807) is 17.2 Å². The Morgan fingerprint density at radius 2 is 2.07 bits per heavy atom. The number of hydrogen-bond donors (Lipinski definition) is 0. The van der Waals surface area contributed by atoms with Crippen LogP contribution in [0, 0.1) is 0 Å². The van der Waals surface area contributed by atoms with Crippen LogP contribution in [-0.4, -0.2) is 21.8 Å². The zero-order chi connectivity index (χ0) is 19.9. The summed E-state index contributed by atoms with van der Waals surface area (Å²) in [5.41, 5.74) is 0.302. The van der Waals surface area contributed by atoms with Gasteiger partial charge in [0.15, 0.2) is 6.10 Å². The van der Waals surface area contributed by atoms with Crippen molar-refractivity contribution >= 4 is 11.4 Å². The molecule has 0 amide bonds. The molecule has 4 rings (SSSR count). The van der Waals surface area contributed by atoms with Gasteiger partial charge >= 0.3 is 6.18 Å². The summed E-state index contributed by atoms with van der Waals surface area (Å²) in [6.07, 6.45) is 2.86. The van der Waals surface area contributed by atoms with Crippen molar-refractivity contribution in [3.05, 3.63) is 77.6 Å². The number of carbonyl (C=O) groups excluding carboxylic acids is 1. The highest BCUT2D eigenvalue weighted by atomic mass is 19.4. The van der Waals surface area contributed by atoms with Crippen LogP contribution in [0.4, 0.5) is 13.2 Å². The molecular formula is C21H19F3N2O2. The Kier molecular flexibility index (Phi) is 4.53. The average Bonchev–Trinajstić information content (AvgIpc) is 3.40. The third kappa shape index (κ3) is 3.21. The number of ether oxygens (including phenoxy) is 1. The van der Waals surface area contributed by atoms with Crippen molar-refractivity contribution in [3.63, 3.8) is 0 Å². The first-order valence-corrected chi connectivity index (χ1v) is 9.10. The van der Waals surface area contributed by atoms with E-state index in [9.17, 15) is 18.0 Å². The van der Waals surface area contributed by atoms with E-state index in [0.717, 1.165) is 25.1 Å². The fourth-order valence-corrected chi connectivity index (χ4v) is 3.48. The van der Waals surface area contributed by atoms with Crippen molar-refractivity contribution in [1.29, 1.82) is 0 Å². The molecule has 2 aromatic rings. The van der Waals surface area contributed by atoms with E-state index in [1.165, 1.54) is 12.1 Å². The summed E-state index contributed by atoms with van der Waals surface area (Å²) in [6, 6.07) is 6.65. The number of halogens is 3. The van der Waals surface area contributed by atoms with Crippen LogP contribution in [0.3, 0.4) is 0 Å². The van der Waals surface area contributed by atoms with Crippen LogP contribution in [0.5, 0.6) is 0 Å². The van der Waals surface area contributed by atoms with Gasteiger partial charge in [0, 0.05) is 37.2 Å². The van der Waals surface area contributed by atoms with Crippen molar-refractivity contribution in [3.8, 4) is 0 Å². The molecule has 0 bridgehead atoms. The van der Waals surface area contributed by atoms with Gasteiger partial charge in [-0.05, 0) is 37.1 Å². The summed E-state index contributed by atoms with van der Waals surface area (Å²) in [5, 5.41) is 0. The predicted octanol–water partition coefficient (Wildman–Crippen LogP) is 4.76. The zero-order valence-electron chi connectivity index (χ0n) is 15.2. The van der Waals surface area contributed by atoms with E-state index in [0.29, 0.717) is 18.0 Å². The molecule has 1 aromatic carbocycles. The number of rotatable bonds is 4. The average molecular weight is 388 g/mol. The van der Waals surface area contributed by atoms with Gasteiger partial charge in [-0.15, -0.1) is 0 Å². The minimum atomic E-state index is -4.48. The molecule has 4 nitrogen and oxygen atoms in total. The molecule has 0 N–H and O–H groups in total. The van der Waals surface area contributed by atoms with Crippen LogP contribution < -0.4 is 0 Å². The lowest BCUT2D eigenvalue weighted by Crippen LogP contribution is -2.15. The molecule has 1 atom stereocenters. The summed E-state index contributed by atoms with van der Waals surface area (Å²) in [7, 11) is 0. The largest absolute Gasteiger partial charge is 0.462 e. The van der Waals surface area contributed by atoms with Crippen LogP contribution in [0.2, 0.25) is 0 Å². The molecule has 7 heteroatoms. The smallest absolute Gasteiger partial charge is 0.416 e. The number of aromatic nitrogens is 1. The summed E-state index contributed by atoms with van der Waals surface area (Å²) < 4.78 is 47.5. The van der Waals surface area contributed by atoms with Crippen molar-refractivity contribution in [2.24, 2.45) is 0 Å². The Bertz CT molecular complexity index is 972. The van der Waals surface area contributed by atoms with Crippen molar-refractivity contribution in [1.82, 2.24) is 9.47 Å². The molecule has 0 fully saturated rings. The minimum absolute atomic E-state index is 0.187. The Morgan fingerprint density at radius 1 is 1.25 bits per heavy atom. The fraction of sp³-hybridized carbons (Fsp3) is 0.286. The molecule has 2 aliphatic rings. The first kappa shape index (κ1) is 18.4. The standard InChI is InChI=1S/C21H19F3N2O2/c1-2-25-11-8-15(13-25)19-18(27)17(20(28-19)26-9-3-4-10-26)14-6-5-7-16(12-14)21(22,23)24/h3,5-9,11-13,19H,2,4,10H2,1H3. The highest BCUT2D eigenvalue weighted by Gasteiger charge is 2.40. The van der Waals surface area contributed by atoms with Crippen LogP contribution in [0.15, 0.2) is 60.9 Å². The van der Waals surface area contributed by atoms with Gasteiger partial charge in [-0.2, -0.15) is 13.2 Å². The number of Topliss-reactive ketones (excluding diaryl/α,β-unsaturated/α-hetero) is 1. The topological polar surface area (TPSA) is 34.5 Å². The molecule has 2 aliphatic heterocycles. The van der Waals surface area contributed by atoms with E-state index < -0.39 is 17.8 Å². The van der Waals surface area contributed by atoms with E-state index in [4.69, 9.17) is 4.74 Å². The number of aryl methyl sites for hydroxylation is 1. The molecule has 1 unspecified atom stereocenters. The van der Waals surface area contributed by atoms with Gasteiger partial charge in [-0.3, -0.25) is 4.79 Å². The van der Waals surface area contributed by atoms with E-state index in [2.05, 4.69) is 0 Å². The van der Waals surface area contributed by atoms with Crippen molar-refractivity contribution in [2.45, 2.75) is 32.2 Å². The number of hydrogen-bond acceptors (Lipinski definition) is 3. The summed E-state index contributed by atoms with van der Waals surface area (Å²) >= 11 is 0. The molecule has 0 spiro atoms. The maximum atomic E-state index is 13.2. The Hall–Kier alpha value is -2.96. The number of alkyl halides is 3. The van der Waals surface area contributed by atoms with Crippen LogP contribution in [0.1, 0.15) is 36.1 Å². The molecule has 146 valence electrons. The molecule has 28 heavy (non-hydrogen) atoms. The molecule has 0 saturated heterocycles. The van der Waals surface area contributed by atoms with Gasteiger partial charge < -0.3 is 14.2 Å². The van der Waals surface area contributed by atoms with Crippen molar-refractivity contribution in [2.75, 3.05) is 6.54 Å². The van der Waals surface area contributed by atoms with E-state index in [-0.39, 0.29) is 16.9 Å². The van der Waals surface area contributed by atoms with E-state index in [1.807, 2.05) is 30.0 Å². The second kappa shape index (κ2) is 6.89. The van der Waals surface area contributed by atoms with Gasteiger partial charge in [0.1, 0.15) is 0 Å². The monoisotopic (exact) mass is 388 g/mol. The maximum absolute atomic E-state index is 13.2. The Morgan fingerprint density at radius 3 is 2.71 bits per heavy atom.